The largest absolute Gasteiger partial charge is 0.478 e. The van der Waals surface area contributed by atoms with Crippen molar-refractivity contribution in [2.75, 3.05) is 5.32 Å². The van der Waals surface area contributed by atoms with Crippen LogP contribution >= 0.6 is 0 Å². The van der Waals surface area contributed by atoms with Crippen LogP contribution in [0.25, 0.3) is 0 Å². The molecule has 3 nitrogen and oxygen atoms in total. The second kappa shape index (κ2) is 5.87. The van der Waals surface area contributed by atoms with Crippen LogP contribution in [0.4, 0.5) is 18.9 Å². The third kappa shape index (κ3) is 3.16. The van der Waals surface area contributed by atoms with Crippen molar-refractivity contribution in [3.8, 4) is 0 Å². The molecule has 0 bridgehead atoms. The number of benzene rings is 2. The fraction of sp³-hybridized carbons (Fsp3) is 0.133. The highest BCUT2D eigenvalue weighted by Gasteiger charge is 2.13. The van der Waals surface area contributed by atoms with Gasteiger partial charge in [0.25, 0.3) is 0 Å². The summed E-state index contributed by atoms with van der Waals surface area (Å²) < 4.78 is 40.8. The van der Waals surface area contributed by atoms with Crippen LogP contribution in [-0.4, -0.2) is 11.1 Å². The predicted octanol–water partition coefficient (Wildman–Crippen LogP) is 3.72. The van der Waals surface area contributed by atoms with Gasteiger partial charge in [-0.15, -0.1) is 0 Å². The van der Waals surface area contributed by atoms with Crippen LogP contribution in [0.15, 0.2) is 30.3 Å². The van der Waals surface area contributed by atoms with E-state index >= 15 is 0 Å². The molecule has 21 heavy (non-hydrogen) atoms. The molecule has 110 valence electrons. The first kappa shape index (κ1) is 14.9. The number of halogens is 3. The maximum atomic E-state index is 13.8. The molecule has 0 radical (unpaired) electrons. The Morgan fingerprint density at radius 2 is 1.86 bits per heavy atom. The Morgan fingerprint density at radius 3 is 2.48 bits per heavy atom. The zero-order valence-electron chi connectivity index (χ0n) is 11.1. The molecule has 2 N–H and O–H groups in total. The summed E-state index contributed by atoms with van der Waals surface area (Å²) in [6.07, 6.45) is 0. The van der Waals surface area contributed by atoms with Crippen molar-refractivity contribution < 1.29 is 23.1 Å². The average Bonchev–Trinajstić information content (AvgIpc) is 2.43. The molecule has 0 unspecified atom stereocenters. The molecule has 0 aliphatic heterocycles. The molecule has 2 aromatic rings. The second-order valence-corrected chi connectivity index (χ2v) is 4.53. The molecule has 0 aliphatic rings. The van der Waals surface area contributed by atoms with Gasteiger partial charge in [0.05, 0.1) is 5.56 Å². The Bertz CT molecular complexity index is 702. The Labute approximate surface area is 119 Å². The zero-order chi connectivity index (χ0) is 15.6. The SMILES string of the molecule is Cc1ccc(F)c(NCc2ccc(C(=O)O)c(F)c2)c1F. The molecule has 0 fully saturated rings. The van der Waals surface area contributed by atoms with Crippen molar-refractivity contribution in [3.05, 3.63) is 64.5 Å². The summed E-state index contributed by atoms with van der Waals surface area (Å²) in [6, 6.07) is 5.96. The van der Waals surface area contributed by atoms with Crippen molar-refractivity contribution in [1.82, 2.24) is 0 Å². The van der Waals surface area contributed by atoms with Crippen LogP contribution in [0.3, 0.4) is 0 Å². The first-order chi connectivity index (χ1) is 9.90. The third-order valence-corrected chi connectivity index (χ3v) is 3.02. The Kier molecular flexibility index (Phi) is 4.16. The lowest BCUT2D eigenvalue weighted by Crippen LogP contribution is -2.07. The van der Waals surface area contributed by atoms with Gasteiger partial charge in [-0.3, -0.25) is 0 Å². The van der Waals surface area contributed by atoms with Gasteiger partial charge < -0.3 is 10.4 Å². The van der Waals surface area contributed by atoms with E-state index in [0.717, 1.165) is 18.2 Å². The van der Waals surface area contributed by atoms with Gasteiger partial charge in [-0.2, -0.15) is 0 Å². The lowest BCUT2D eigenvalue weighted by molar-refractivity contribution is 0.0692. The summed E-state index contributed by atoms with van der Waals surface area (Å²) in [5, 5.41) is 11.3. The molecule has 0 amide bonds. The minimum atomic E-state index is -1.37. The van der Waals surface area contributed by atoms with Crippen molar-refractivity contribution in [3.63, 3.8) is 0 Å². The van der Waals surface area contributed by atoms with E-state index in [4.69, 9.17) is 5.11 Å². The van der Waals surface area contributed by atoms with E-state index in [1.165, 1.54) is 19.1 Å². The standard InChI is InChI=1S/C15H12F3NO2/c1-8-2-5-11(16)14(13(8)18)19-7-9-3-4-10(15(20)21)12(17)6-9/h2-6,19H,7H2,1H3,(H,20,21). The molecule has 2 rings (SSSR count). The fourth-order valence-electron chi connectivity index (χ4n) is 1.85. The highest BCUT2D eigenvalue weighted by molar-refractivity contribution is 5.87. The lowest BCUT2D eigenvalue weighted by atomic mass is 10.1. The number of aromatic carboxylic acids is 1. The van der Waals surface area contributed by atoms with E-state index in [-0.39, 0.29) is 17.8 Å². The van der Waals surface area contributed by atoms with Crippen LogP contribution in [0.5, 0.6) is 0 Å². The summed E-state index contributed by atoms with van der Waals surface area (Å²) >= 11 is 0. The number of hydrogen-bond donors (Lipinski definition) is 2. The number of hydrogen-bond acceptors (Lipinski definition) is 2. The monoisotopic (exact) mass is 295 g/mol. The van der Waals surface area contributed by atoms with Gasteiger partial charge in [-0.25, -0.2) is 18.0 Å². The molecule has 0 saturated carbocycles. The Hall–Kier alpha value is -2.50. The topological polar surface area (TPSA) is 49.3 Å². The number of rotatable bonds is 4. The number of carboxylic acid groups (broad SMARTS) is 1. The van der Waals surface area contributed by atoms with Crippen LogP contribution in [-0.2, 0) is 6.54 Å². The lowest BCUT2D eigenvalue weighted by Gasteiger charge is -2.11. The molecular formula is C15H12F3NO2. The van der Waals surface area contributed by atoms with Crippen LogP contribution < -0.4 is 5.32 Å². The normalized spacial score (nSPS) is 10.5. The van der Waals surface area contributed by atoms with E-state index < -0.39 is 29.0 Å². The van der Waals surface area contributed by atoms with Crippen LogP contribution in [0.1, 0.15) is 21.5 Å². The van der Waals surface area contributed by atoms with E-state index in [0.29, 0.717) is 5.56 Å². The zero-order valence-corrected chi connectivity index (χ0v) is 11.1. The van der Waals surface area contributed by atoms with Crippen molar-refractivity contribution >= 4 is 11.7 Å². The number of carbonyl (C=O) groups is 1. The summed E-state index contributed by atoms with van der Waals surface area (Å²) in [6.45, 7) is 1.47. The predicted molar refractivity (Wildman–Crippen MR) is 71.8 cm³/mol. The van der Waals surface area contributed by atoms with E-state index in [9.17, 15) is 18.0 Å². The molecule has 0 spiro atoms. The molecule has 0 aliphatic carbocycles. The molecule has 0 saturated heterocycles. The van der Waals surface area contributed by atoms with Crippen molar-refractivity contribution in [1.29, 1.82) is 0 Å². The van der Waals surface area contributed by atoms with Crippen LogP contribution in [0, 0.1) is 24.4 Å². The van der Waals surface area contributed by atoms with Gasteiger partial charge in [-0.1, -0.05) is 12.1 Å². The molecule has 2 aromatic carbocycles. The molecule has 0 atom stereocenters. The fourth-order valence-corrected chi connectivity index (χ4v) is 1.85. The van der Waals surface area contributed by atoms with Gasteiger partial charge >= 0.3 is 5.97 Å². The average molecular weight is 295 g/mol. The second-order valence-electron chi connectivity index (χ2n) is 4.53. The minimum absolute atomic E-state index is 0.0336. The Balaban J connectivity index is 2.19. The van der Waals surface area contributed by atoms with Crippen molar-refractivity contribution in [2.45, 2.75) is 13.5 Å². The van der Waals surface area contributed by atoms with Gasteiger partial charge in [0.2, 0.25) is 0 Å². The number of nitrogens with one attached hydrogen (secondary N) is 1. The third-order valence-electron chi connectivity index (χ3n) is 3.02. The summed E-state index contributed by atoms with van der Waals surface area (Å²) in [7, 11) is 0. The first-order valence-corrected chi connectivity index (χ1v) is 6.10. The first-order valence-electron chi connectivity index (χ1n) is 6.10. The van der Waals surface area contributed by atoms with E-state index in [1.54, 1.807) is 0 Å². The van der Waals surface area contributed by atoms with Crippen LogP contribution in [0.2, 0.25) is 0 Å². The van der Waals surface area contributed by atoms with Gasteiger partial charge in [0.1, 0.15) is 17.3 Å². The molecule has 6 heteroatoms. The van der Waals surface area contributed by atoms with Gasteiger partial charge in [-0.05, 0) is 36.2 Å². The number of carboxylic acids is 1. The van der Waals surface area contributed by atoms with Gasteiger partial charge in [0.15, 0.2) is 5.82 Å². The highest BCUT2D eigenvalue weighted by Crippen LogP contribution is 2.22. The maximum Gasteiger partial charge on any atom is 0.338 e. The molecule has 0 aromatic heterocycles. The smallest absolute Gasteiger partial charge is 0.338 e. The summed E-state index contributed by atoms with van der Waals surface area (Å²) in [4.78, 5) is 10.7. The maximum absolute atomic E-state index is 13.8. The molecular weight excluding hydrogens is 283 g/mol. The van der Waals surface area contributed by atoms with Crippen molar-refractivity contribution in [2.24, 2.45) is 0 Å². The van der Waals surface area contributed by atoms with E-state index in [1.807, 2.05) is 0 Å². The minimum Gasteiger partial charge on any atom is -0.478 e. The highest BCUT2D eigenvalue weighted by atomic mass is 19.1. The quantitative estimate of drug-likeness (QED) is 0.903. The van der Waals surface area contributed by atoms with E-state index in [2.05, 4.69) is 5.32 Å². The number of anilines is 1. The Morgan fingerprint density at radius 1 is 1.14 bits per heavy atom. The number of aryl methyl sites for hydroxylation is 1. The van der Waals surface area contributed by atoms with Gasteiger partial charge in [0, 0.05) is 6.54 Å². The molecule has 0 heterocycles. The summed E-state index contributed by atoms with van der Waals surface area (Å²) in [5.41, 5.74) is -0.0894. The summed E-state index contributed by atoms with van der Waals surface area (Å²) in [5.74, 6) is -3.73.